The first kappa shape index (κ1) is 13.1. The van der Waals surface area contributed by atoms with Crippen molar-refractivity contribution < 1.29 is 8.42 Å². The van der Waals surface area contributed by atoms with Crippen LogP contribution in [0.15, 0.2) is 29.3 Å². The van der Waals surface area contributed by atoms with Crippen LogP contribution in [0, 0.1) is 0 Å². The molecule has 0 aliphatic rings. The quantitative estimate of drug-likeness (QED) is 0.499. The van der Waals surface area contributed by atoms with Crippen LogP contribution in [0.3, 0.4) is 0 Å². The minimum absolute atomic E-state index is 0.0195. The summed E-state index contributed by atoms with van der Waals surface area (Å²) in [5.74, 6) is 0.0195. The molecule has 0 amide bonds. The molecule has 0 heterocycles. The molecule has 0 unspecified atom stereocenters. The van der Waals surface area contributed by atoms with Crippen LogP contribution in [-0.2, 0) is 9.84 Å². The zero-order chi connectivity index (χ0) is 10.9. The summed E-state index contributed by atoms with van der Waals surface area (Å²) in [7, 11) is -2.91. The van der Waals surface area contributed by atoms with Crippen molar-refractivity contribution in [1.29, 1.82) is 0 Å². The van der Waals surface area contributed by atoms with Gasteiger partial charge in [0, 0.05) is 12.5 Å². The molecule has 0 atom stereocenters. The summed E-state index contributed by atoms with van der Waals surface area (Å²) in [5, 5.41) is 0. The molecule has 0 saturated heterocycles. The maximum atomic E-state index is 10.7. The number of rotatable bonds is 6. The highest BCUT2D eigenvalue weighted by Gasteiger charge is 1.95. The fraction of sp³-hybridized carbons (Fsp3) is 0.500. The van der Waals surface area contributed by atoms with Gasteiger partial charge in [0.1, 0.15) is 0 Å². The molecule has 0 rings (SSSR count). The third-order valence-electron chi connectivity index (χ3n) is 1.34. The Kier molecular flexibility index (Phi) is 7.02. The van der Waals surface area contributed by atoms with Crippen molar-refractivity contribution in [2.75, 3.05) is 18.6 Å². The van der Waals surface area contributed by atoms with E-state index in [-0.39, 0.29) is 5.75 Å². The summed E-state index contributed by atoms with van der Waals surface area (Å²) in [5.41, 5.74) is 0. The van der Waals surface area contributed by atoms with Crippen molar-refractivity contribution in [3.63, 3.8) is 0 Å². The molecule has 80 valence electrons. The molecule has 0 N–H and O–H groups in total. The third kappa shape index (κ3) is 11.1. The molecule has 0 spiro atoms. The molecule has 0 radical (unpaired) electrons. The van der Waals surface area contributed by atoms with Gasteiger partial charge >= 0.3 is 0 Å². The first-order valence-electron chi connectivity index (χ1n) is 4.54. The van der Waals surface area contributed by atoms with Crippen molar-refractivity contribution in [1.82, 2.24) is 0 Å². The molecule has 14 heavy (non-hydrogen) atoms. The second kappa shape index (κ2) is 7.50. The molecular weight excluding hydrogens is 198 g/mol. The topological polar surface area (TPSA) is 46.5 Å². The molecule has 0 aromatic rings. The molecule has 0 saturated carbocycles. The monoisotopic (exact) mass is 215 g/mol. The van der Waals surface area contributed by atoms with E-state index in [4.69, 9.17) is 0 Å². The van der Waals surface area contributed by atoms with Crippen molar-refractivity contribution in [3.8, 4) is 0 Å². The Balaban J connectivity index is 3.64. The first-order chi connectivity index (χ1) is 6.56. The highest BCUT2D eigenvalue weighted by atomic mass is 32.2. The number of hydrogen-bond donors (Lipinski definition) is 0. The molecular formula is C10H17NO2S. The van der Waals surface area contributed by atoms with E-state index in [0.717, 1.165) is 6.42 Å². The summed E-state index contributed by atoms with van der Waals surface area (Å²) in [4.78, 5) is 3.93. The van der Waals surface area contributed by atoms with Gasteiger partial charge in [0.25, 0.3) is 0 Å². The van der Waals surface area contributed by atoms with Gasteiger partial charge in [-0.15, -0.1) is 0 Å². The van der Waals surface area contributed by atoms with Crippen LogP contribution in [0.25, 0.3) is 0 Å². The van der Waals surface area contributed by atoms with Crippen LogP contribution in [0.2, 0.25) is 0 Å². The average Bonchev–Trinajstić information content (AvgIpc) is 2.08. The summed E-state index contributed by atoms with van der Waals surface area (Å²) < 4.78 is 21.4. The van der Waals surface area contributed by atoms with E-state index in [9.17, 15) is 8.42 Å². The van der Waals surface area contributed by atoms with E-state index in [2.05, 4.69) is 11.9 Å². The molecule has 4 heteroatoms. The van der Waals surface area contributed by atoms with Gasteiger partial charge in [-0.1, -0.05) is 31.2 Å². The zero-order valence-corrected chi connectivity index (χ0v) is 9.50. The van der Waals surface area contributed by atoms with E-state index in [1.54, 1.807) is 0 Å². The molecule has 0 aromatic heterocycles. The number of allylic oxidation sites excluding steroid dienone is 3. The van der Waals surface area contributed by atoms with Gasteiger partial charge in [0.2, 0.25) is 0 Å². The zero-order valence-electron chi connectivity index (χ0n) is 8.68. The van der Waals surface area contributed by atoms with Gasteiger partial charge in [0.15, 0.2) is 9.84 Å². The smallest absolute Gasteiger partial charge is 0.152 e. The summed E-state index contributed by atoms with van der Waals surface area (Å²) >= 11 is 0. The van der Waals surface area contributed by atoms with E-state index in [1.807, 2.05) is 24.3 Å². The standard InChI is InChI=1S/C10H17NO2S/c1-3-4-5-6-7-8-11-9-10-14(2,12)13/h4-7,9H,3,8,10H2,1-2H3/b5-4+,7-6+,11-9?. The fourth-order valence-corrected chi connectivity index (χ4v) is 1.05. The Labute approximate surface area is 86.2 Å². The predicted molar refractivity (Wildman–Crippen MR) is 61.6 cm³/mol. The van der Waals surface area contributed by atoms with E-state index >= 15 is 0 Å². The molecule has 0 aliphatic heterocycles. The second-order valence-corrected chi connectivity index (χ2v) is 5.09. The highest BCUT2D eigenvalue weighted by Crippen LogP contribution is 1.83. The average molecular weight is 215 g/mol. The van der Waals surface area contributed by atoms with Crippen LogP contribution in [0.1, 0.15) is 13.3 Å². The Morgan fingerprint density at radius 1 is 1.21 bits per heavy atom. The fourth-order valence-electron chi connectivity index (χ4n) is 0.678. The van der Waals surface area contributed by atoms with Gasteiger partial charge in [0.05, 0.1) is 12.3 Å². The Morgan fingerprint density at radius 2 is 1.86 bits per heavy atom. The Hall–Kier alpha value is -0.900. The van der Waals surface area contributed by atoms with Crippen molar-refractivity contribution in [3.05, 3.63) is 24.3 Å². The molecule has 0 fully saturated rings. The van der Waals surface area contributed by atoms with Crippen LogP contribution >= 0.6 is 0 Å². The van der Waals surface area contributed by atoms with Gasteiger partial charge in [-0.25, -0.2) is 8.42 Å². The summed E-state index contributed by atoms with van der Waals surface area (Å²) in [6.45, 7) is 2.60. The molecule has 3 nitrogen and oxygen atoms in total. The van der Waals surface area contributed by atoms with Gasteiger partial charge in [-0.05, 0) is 6.42 Å². The minimum atomic E-state index is -2.91. The molecule has 0 aromatic carbocycles. The summed E-state index contributed by atoms with van der Waals surface area (Å²) in [6, 6.07) is 0. The lowest BCUT2D eigenvalue weighted by Crippen LogP contribution is -2.03. The Morgan fingerprint density at radius 3 is 2.43 bits per heavy atom. The number of nitrogens with zero attached hydrogens (tertiary/aromatic N) is 1. The maximum Gasteiger partial charge on any atom is 0.152 e. The molecule has 0 aliphatic carbocycles. The van der Waals surface area contributed by atoms with Crippen molar-refractivity contribution >= 4 is 16.1 Å². The number of sulfone groups is 1. The predicted octanol–water partition coefficient (Wildman–Crippen LogP) is 1.62. The minimum Gasteiger partial charge on any atom is -0.292 e. The number of aliphatic imine (C=N–C) groups is 1. The van der Waals surface area contributed by atoms with E-state index in [0.29, 0.717) is 6.54 Å². The van der Waals surface area contributed by atoms with Crippen molar-refractivity contribution in [2.45, 2.75) is 13.3 Å². The normalized spacial score (nSPS) is 13.6. The Bertz CT molecular complexity index is 313. The van der Waals surface area contributed by atoms with Crippen LogP contribution in [0.4, 0.5) is 0 Å². The maximum absolute atomic E-state index is 10.7. The van der Waals surface area contributed by atoms with Crippen LogP contribution < -0.4 is 0 Å². The first-order valence-corrected chi connectivity index (χ1v) is 6.60. The van der Waals surface area contributed by atoms with E-state index < -0.39 is 9.84 Å². The van der Waals surface area contributed by atoms with Crippen LogP contribution in [0.5, 0.6) is 0 Å². The third-order valence-corrected chi connectivity index (χ3v) is 2.09. The van der Waals surface area contributed by atoms with Gasteiger partial charge in [-0.3, -0.25) is 4.99 Å². The summed E-state index contributed by atoms with van der Waals surface area (Å²) in [6.07, 6.45) is 11.4. The lowest BCUT2D eigenvalue weighted by atomic mass is 10.4. The highest BCUT2D eigenvalue weighted by molar-refractivity contribution is 7.91. The number of hydrogen-bond acceptors (Lipinski definition) is 3. The molecule has 0 bridgehead atoms. The van der Waals surface area contributed by atoms with Crippen molar-refractivity contribution in [2.24, 2.45) is 4.99 Å². The van der Waals surface area contributed by atoms with Gasteiger partial charge < -0.3 is 0 Å². The lowest BCUT2D eigenvalue weighted by molar-refractivity contribution is 0.605. The van der Waals surface area contributed by atoms with E-state index in [1.165, 1.54) is 12.5 Å². The lowest BCUT2D eigenvalue weighted by Gasteiger charge is -1.87. The van der Waals surface area contributed by atoms with Gasteiger partial charge in [-0.2, -0.15) is 0 Å². The largest absolute Gasteiger partial charge is 0.292 e. The second-order valence-electron chi connectivity index (χ2n) is 2.90. The SMILES string of the molecule is CC/C=C/C=C/CN=CCS(C)(=O)=O. The van der Waals surface area contributed by atoms with Crippen LogP contribution in [-0.4, -0.2) is 33.2 Å².